The van der Waals surface area contributed by atoms with Crippen LogP contribution in [0, 0.1) is 5.82 Å². The van der Waals surface area contributed by atoms with E-state index < -0.39 is 11.7 Å². The molecule has 0 spiro atoms. The molecule has 3 aromatic rings. The van der Waals surface area contributed by atoms with Crippen LogP contribution >= 0.6 is 11.3 Å². The van der Waals surface area contributed by atoms with Crippen LogP contribution in [0.15, 0.2) is 54.6 Å². The number of rotatable bonds is 6. The summed E-state index contributed by atoms with van der Waals surface area (Å²) in [6, 6.07) is 14.6. The van der Waals surface area contributed by atoms with Crippen molar-refractivity contribution in [2.75, 3.05) is 11.9 Å². The fourth-order valence-corrected chi connectivity index (χ4v) is 3.42. The molecular formula is C20H17FN2O3S. The molecule has 0 saturated heterocycles. The van der Waals surface area contributed by atoms with Crippen molar-refractivity contribution in [3.05, 3.63) is 70.9 Å². The van der Waals surface area contributed by atoms with Gasteiger partial charge in [0, 0.05) is 16.0 Å². The molecule has 0 saturated carbocycles. The van der Waals surface area contributed by atoms with E-state index in [1.807, 2.05) is 30.3 Å². The van der Waals surface area contributed by atoms with Crippen molar-refractivity contribution < 1.29 is 18.7 Å². The first-order valence-electron chi connectivity index (χ1n) is 8.34. The lowest BCUT2D eigenvalue weighted by molar-refractivity contribution is -0.142. The Labute approximate surface area is 159 Å². The van der Waals surface area contributed by atoms with Crippen LogP contribution in [0.4, 0.5) is 9.52 Å². The topological polar surface area (TPSA) is 68.3 Å². The van der Waals surface area contributed by atoms with E-state index in [-0.39, 0.29) is 12.4 Å². The number of ether oxygens (including phenoxy) is 1. The quantitative estimate of drug-likeness (QED) is 0.643. The van der Waals surface area contributed by atoms with Crippen LogP contribution in [0.25, 0.3) is 11.3 Å². The lowest BCUT2D eigenvalue weighted by Gasteiger charge is -2.02. The van der Waals surface area contributed by atoms with Gasteiger partial charge in [0.1, 0.15) is 5.82 Å². The number of carbonyl (C=O) groups excluding carboxylic acids is 2. The number of esters is 1. The molecular weight excluding hydrogens is 367 g/mol. The third-order valence-electron chi connectivity index (χ3n) is 3.68. The van der Waals surface area contributed by atoms with Crippen LogP contribution in [-0.4, -0.2) is 23.5 Å². The van der Waals surface area contributed by atoms with Gasteiger partial charge in [0.2, 0.25) is 0 Å². The highest BCUT2D eigenvalue weighted by molar-refractivity contribution is 7.16. The summed E-state index contributed by atoms with van der Waals surface area (Å²) in [6.07, 6.45) is 0.0716. The second kappa shape index (κ2) is 8.55. The fourth-order valence-electron chi connectivity index (χ4n) is 2.46. The highest BCUT2D eigenvalue weighted by Crippen LogP contribution is 2.32. The maximum absolute atomic E-state index is 13.0. The van der Waals surface area contributed by atoms with Crippen molar-refractivity contribution in [2.45, 2.75) is 13.3 Å². The van der Waals surface area contributed by atoms with Crippen LogP contribution in [0.5, 0.6) is 0 Å². The second-order valence-electron chi connectivity index (χ2n) is 5.60. The minimum atomic E-state index is -0.413. The molecule has 2 aromatic carbocycles. The van der Waals surface area contributed by atoms with Crippen molar-refractivity contribution in [1.29, 1.82) is 0 Å². The van der Waals surface area contributed by atoms with Gasteiger partial charge in [-0.25, -0.2) is 9.37 Å². The van der Waals surface area contributed by atoms with E-state index in [4.69, 9.17) is 4.74 Å². The highest BCUT2D eigenvalue weighted by atomic mass is 32.1. The zero-order valence-corrected chi connectivity index (χ0v) is 15.4. The monoisotopic (exact) mass is 384 g/mol. The van der Waals surface area contributed by atoms with Gasteiger partial charge in [0.05, 0.1) is 18.7 Å². The average Bonchev–Trinajstić information content (AvgIpc) is 3.05. The van der Waals surface area contributed by atoms with E-state index >= 15 is 0 Å². The van der Waals surface area contributed by atoms with Gasteiger partial charge in [-0.1, -0.05) is 30.3 Å². The lowest BCUT2D eigenvalue weighted by Crippen LogP contribution is -2.11. The van der Waals surface area contributed by atoms with Crippen molar-refractivity contribution in [2.24, 2.45) is 0 Å². The smallest absolute Gasteiger partial charge is 0.311 e. The van der Waals surface area contributed by atoms with Gasteiger partial charge in [-0.05, 0) is 31.2 Å². The molecule has 1 heterocycles. The number of hydrogen-bond donors (Lipinski definition) is 1. The van der Waals surface area contributed by atoms with E-state index in [9.17, 15) is 14.0 Å². The Hall–Kier alpha value is -3.06. The van der Waals surface area contributed by atoms with E-state index in [1.165, 1.54) is 35.6 Å². The Kier molecular flexibility index (Phi) is 5.93. The summed E-state index contributed by atoms with van der Waals surface area (Å²) in [5.41, 5.74) is 1.79. The summed E-state index contributed by atoms with van der Waals surface area (Å²) < 4.78 is 18.0. The molecule has 1 amide bonds. The fraction of sp³-hybridized carbons (Fsp3) is 0.150. The first-order valence-corrected chi connectivity index (χ1v) is 9.16. The second-order valence-corrected chi connectivity index (χ2v) is 6.68. The Balaban J connectivity index is 1.87. The molecule has 7 heteroatoms. The number of carbonyl (C=O) groups is 2. The standard InChI is InChI=1S/C20H17FN2O3S/c1-2-26-17(24)12-16-18(13-6-4-3-5-7-13)22-20(27-16)23-19(25)14-8-10-15(21)11-9-14/h3-11H,2,12H2,1H3,(H,22,23,25). The van der Waals surface area contributed by atoms with E-state index in [0.29, 0.717) is 27.9 Å². The van der Waals surface area contributed by atoms with Gasteiger partial charge in [-0.15, -0.1) is 11.3 Å². The number of nitrogens with zero attached hydrogens (tertiary/aromatic N) is 1. The molecule has 0 aliphatic carbocycles. The highest BCUT2D eigenvalue weighted by Gasteiger charge is 2.18. The summed E-state index contributed by atoms with van der Waals surface area (Å²) in [7, 11) is 0. The molecule has 0 aliphatic rings. The molecule has 5 nitrogen and oxygen atoms in total. The summed E-state index contributed by atoms with van der Waals surface area (Å²) in [5.74, 6) is -1.16. The van der Waals surface area contributed by atoms with Gasteiger partial charge >= 0.3 is 5.97 Å². The van der Waals surface area contributed by atoms with Crippen LogP contribution in [0.1, 0.15) is 22.2 Å². The number of halogens is 1. The van der Waals surface area contributed by atoms with Crippen LogP contribution in [0.3, 0.4) is 0 Å². The molecule has 0 atom stereocenters. The molecule has 0 fully saturated rings. The molecule has 1 N–H and O–H groups in total. The molecule has 3 rings (SSSR count). The van der Waals surface area contributed by atoms with Gasteiger partial charge in [0.25, 0.3) is 5.91 Å². The first-order chi connectivity index (χ1) is 13.1. The molecule has 0 unspecified atom stereocenters. The van der Waals surface area contributed by atoms with Gasteiger partial charge < -0.3 is 4.74 Å². The largest absolute Gasteiger partial charge is 0.466 e. The maximum atomic E-state index is 13.0. The third-order valence-corrected chi connectivity index (χ3v) is 4.65. The zero-order chi connectivity index (χ0) is 19.2. The number of hydrogen-bond acceptors (Lipinski definition) is 5. The van der Waals surface area contributed by atoms with Gasteiger partial charge in [0.15, 0.2) is 5.13 Å². The number of benzene rings is 2. The molecule has 138 valence electrons. The van der Waals surface area contributed by atoms with Crippen LogP contribution in [0.2, 0.25) is 0 Å². The van der Waals surface area contributed by atoms with Gasteiger partial charge in [-0.2, -0.15) is 0 Å². The van der Waals surface area contributed by atoms with Gasteiger partial charge in [-0.3, -0.25) is 14.9 Å². The minimum absolute atomic E-state index is 0.0716. The lowest BCUT2D eigenvalue weighted by atomic mass is 10.1. The summed E-state index contributed by atoms with van der Waals surface area (Å²) in [6.45, 7) is 2.05. The Bertz CT molecular complexity index is 940. The minimum Gasteiger partial charge on any atom is -0.466 e. The third kappa shape index (κ3) is 4.77. The molecule has 0 bridgehead atoms. The molecule has 27 heavy (non-hydrogen) atoms. The number of aromatic nitrogens is 1. The van der Waals surface area contributed by atoms with Crippen molar-refractivity contribution >= 4 is 28.3 Å². The number of thiazole rings is 1. The Morgan fingerprint density at radius 2 is 1.81 bits per heavy atom. The Morgan fingerprint density at radius 3 is 2.48 bits per heavy atom. The summed E-state index contributed by atoms with van der Waals surface area (Å²) >= 11 is 1.22. The molecule has 0 radical (unpaired) electrons. The Morgan fingerprint density at radius 1 is 1.11 bits per heavy atom. The van der Waals surface area contributed by atoms with E-state index in [2.05, 4.69) is 10.3 Å². The van der Waals surface area contributed by atoms with Crippen molar-refractivity contribution in [3.63, 3.8) is 0 Å². The average molecular weight is 384 g/mol. The zero-order valence-electron chi connectivity index (χ0n) is 14.6. The van der Waals surface area contributed by atoms with E-state index in [0.717, 1.165) is 5.56 Å². The summed E-state index contributed by atoms with van der Waals surface area (Å²) in [5, 5.41) is 3.07. The number of anilines is 1. The number of amides is 1. The first kappa shape index (κ1) is 18.7. The van der Waals surface area contributed by atoms with Crippen LogP contribution in [-0.2, 0) is 16.0 Å². The van der Waals surface area contributed by atoms with Crippen molar-refractivity contribution in [1.82, 2.24) is 4.98 Å². The van der Waals surface area contributed by atoms with E-state index in [1.54, 1.807) is 6.92 Å². The SMILES string of the molecule is CCOC(=O)Cc1sc(NC(=O)c2ccc(F)cc2)nc1-c1ccccc1. The van der Waals surface area contributed by atoms with Crippen LogP contribution < -0.4 is 5.32 Å². The summed E-state index contributed by atoms with van der Waals surface area (Å²) in [4.78, 5) is 29.4. The normalized spacial score (nSPS) is 10.4. The predicted molar refractivity (Wildman–Crippen MR) is 102 cm³/mol. The maximum Gasteiger partial charge on any atom is 0.311 e. The molecule has 1 aromatic heterocycles. The number of nitrogens with one attached hydrogen (secondary N) is 1. The molecule has 0 aliphatic heterocycles. The predicted octanol–water partition coefficient (Wildman–Crippen LogP) is 4.31. The van der Waals surface area contributed by atoms with Crippen molar-refractivity contribution in [3.8, 4) is 11.3 Å².